The van der Waals surface area contributed by atoms with Crippen LogP contribution < -0.4 is 0 Å². The van der Waals surface area contributed by atoms with Gasteiger partial charge >= 0.3 is 0 Å². The molecular weight excluding hydrogens is 314 g/mol. The molecule has 1 saturated heterocycles. The predicted molar refractivity (Wildman–Crippen MR) is 90.5 cm³/mol. The minimum atomic E-state index is -0.516. The van der Waals surface area contributed by atoms with Gasteiger partial charge in [0.15, 0.2) is 0 Å². The molecule has 0 N–H and O–H groups in total. The molecule has 1 aliphatic heterocycles. The van der Waals surface area contributed by atoms with Crippen LogP contribution in [-0.2, 0) is 20.9 Å². The summed E-state index contributed by atoms with van der Waals surface area (Å²) in [6, 6.07) is 17.3. The molecule has 0 spiro atoms. The third kappa shape index (κ3) is 1.91. The van der Waals surface area contributed by atoms with Gasteiger partial charge in [-0.15, -0.1) is 0 Å². The van der Waals surface area contributed by atoms with Crippen molar-refractivity contribution in [2.24, 2.45) is 11.8 Å². The van der Waals surface area contributed by atoms with Gasteiger partial charge in [-0.3, -0.25) is 19.3 Å². The van der Waals surface area contributed by atoms with Gasteiger partial charge in [0.25, 0.3) is 0 Å². The van der Waals surface area contributed by atoms with Crippen molar-refractivity contribution < 1.29 is 14.4 Å². The number of hydrogen-bond donors (Lipinski definition) is 0. The van der Waals surface area contributed by atoms with E-state index in [1.54, 1.807) is 0 Å². The highest BCUT2D eigenvalue weighted by Crippen LogP contribution is 2.57. The zero-order valence-corrected chi connectivity index (χ0v) is 13.6. The summed E-state index contributed by atoms with van der Waals surface area (Å²) in [6.07, 6.45) is 0.376. The first-order valence-corrected chi connectivity index (χ1v) is 8.67. The van der Waals surface area contributed by atoms with Crippen LogP contribution in [0.1, 0.15) is 34.9 Å². The molecule has 4 nitrogen and oxygen atoms in total. The van der Waals surface area contributed by atoms with E-state index in [0.29, 0.717) is 6.42 Å². The third-order valence-electron chi connectivity index (χ3n) is 5.96. The highest BCUT2D eigenvalue weighted by molar-refractivity contribution is 6.11. The van der Waals surface area contributed by atoms with Gasteiger partial charge in [0.2, 0.25) is 11.8 Å². The summed E-state index contributed by atoms with van der Waals surface area (Å²) < 4.78 is 0. The van der Waals surface area contributed by atoms with E-state index in [9.17, 15) is 14.4 Å². The zero-order valence-electron chi connectivity index (χ0n) is 13.6. The summed E-state index contributed by atoms with van der Waals surface area (Å²) in [5, 5.41) is 0. The molecule has 0 radical (unpaired) electrons. The van der Waals surface area contributed by atoms with Gasteiger partial charge in [-0.2, -0.15) is 0 Å². The van der Waals surface area contributed by atoms with Crippen LogP contribution >= 0.6 is 0 Å². The molecule has 2 aromatic rings. The number of carbonyl (C=O) groups is 3. The van der Waals surface area contributed by atoms with Crippen molar-refractivity contribution in [2.45, 2.75) is 24.8 Å². The summed E-state index contributed by atoms with van der Waals surface area (Å²) in [6.45, 7) is 0.287. The molecule has 25 heavy (non-hydrogen) atoms. The van der Waals surface area contributed by atoms with Gasteiger partial charge in [0.05, 0.1) is 24.3 Å². The fraction of sp³-hybridized carbons (Fsp3) is 0.286. The molecule has 4 atom stereocenters. The van der Waals surface area contributed by atoms with E-state index >= 15 is 0 Å². The molecule has 4 aliphatic rings. The van der Waals surface area contributed by atoms with E-state index in [0.717, 1.165) is 16.7 Å². The molecule has 6 rings (SSSR count). The van der Waals surface area contributed by atoms with Gasteiger partial charge in [-0.05, 0) is 16.7 Å². The average Bonchev–Trinajstić information content (AvgIpc) is 2.89. The van der Waals surface area contributed by atoms with Crippen LogP contribution in [0.3, 0.4) is 0 Å². The highest BCUT2D eigenvalue weighted by atomic mass is 16.2. The molecule has 1 saturated carbocycles. The lowest BCUT2D eigenvalue weighted by atomic mass is 9.56. The SMILES string of the molecule is O=C1C[C@@H]2c3ccccc3[C@@H]1[C@H]1C(=O)N(Cc3ccccc3)C(=O)[C@@H]12. The third-order valence-corrected chi connectivity index (χ3v) is 5.96. The number of hydrogen-bond acceptors (Lipinski definition) is 3. The monoisotopic (exact) mass is 331 g/mol. The topological polar surface area (TPSA) is 54.5 Å². The van der Waals surface area contributed by atoms with Gasteiger partial charge in [0.1, 0.15) is 5.78 Å². The van der Waals surface area contributed by atoms with E-state index < -0.39 is 11.8 Å². The fourth-order valence-electron chi connectivity index (χ4n) is 4.94. The second kappa shape index (κ2) is 5.12. The number of nitrogens with zero attached hydrogens (tertiary/aromatic N) is 1. The van der Waals surface area contributed by atoms with Crippen LogP contribution in [-0.4, -0.2) is 22.5 Å². The molecule has 0 unspecified atom stereocenters. The van der Waals surface area contributed by atoms with Crippen molar-refractivity contribution in [1.29, 1.82) is 0 Å². The smallest absolute Gasteiger partial charge is 0.234 e. The van der Waals surface area contributed by atoms with Crippen molar-refractivity contribution in [3.8, 4) is 0 Å². The second-order valence-corrected chi connectivity index (χ2v) is 7.18. The Balaban J connectivity index is 1.57. The summed E-state index contributed by atoms with van der Waals surface area (Å²) in [7, 11) is 0. The van der Waals surface area contributed by atoms with E-state index in [1.165, 1.54) is 4.90 Å². The second-order valence-electron chi connectivity index (χ2n) is 7.18. The van der Waals surface area contributed by atoms with E-state index in [1.807, 2.05) is 54.6 Å². The lowest BCUT2D eigenvalue weighted by molar-refractivity contribution is -0.141. The highest BCUT2D eigenvalue weighted by Gasteiger charge is 2.62. The van der Waals surface area contributed by atoms with E-state index in [4.69, 9.17) is 0 Å². The Hall–Kier alpha value is -2.75. The molecule has 0 aromatic heterocycles. The molecule has 124 valence electrons. The largest absolute Gasteiger partial charge is 0.299 e. The lowest BCUT2D eigenvalue weighted by Gasteiger charge is -2.43. The number of imide groups is 1. The average molecular weight is 331 g/mol. The van der Waals surface area contributed by atoms with Crippen LogP contribution in [0.25, 0.3) is 0 Å². The predicted octanol–water partition coefficient (Wildman–Crippen LogP) is 2.64. The summed E-state index contributed by atoms with van der Waals surface area (Å²) in [4.78, 5) is 40.1. The summed E-state index contributed by atoms with van der Waals surface area (Å²) >= 11 is 0. The Bertz CT molecular complexity index is 904. The maximum atomic E-state index is 13.1. The standard InChI is InChI=1S/C21H17NO3/c23-16-10-15-13-8-4-5-9-14(13)17(16)19-18(15)20(24)22(21(19)25)11-12-6-2-1-3-7-12/h1-9,15,17-19H,10-11H2/t15-,17+,18-,19-/m1/s1. The first kappa shape index (κ1) is 14.6. The van der Waals surface area contributed by atoms with E-state index in [-0.39, 0.29) is 36.0 Å². The molecule has 2 bridgehead atoms. The Morgan fingerprint density at radius 2 is 1.44 bits per heavy atom. The van der Waals surface area contributed by atoms with Crippen LogP contribution in [0.2, 0.25) is 0 Å². The van der Waals surface area contributed by atoms with Crippen LogP contribution in [0, 0.1) is 11.8 Å². The van der Waals surface area contributed by atoms with Crippen LogP contribution in [0.5, 0.6) is 0 Å². The summed E-state index contributed by atoms with van der Waals surface area (Å²) in [5.74, 6) is -1.70. The maximum Gasteiger partial charge on any atom is 0.234 e. The zero-order chi connectivity index (χ0) is 17.1. The first-order chi connectivity index (χ1) is 12.2. The number of ketones is 1. The molecule has 2 fully saturated rings. The molecule has 3 aliphatic carbocycles. The Labute approximate surface area is 145 Å². The Morgan fingerprint density at radius 3 is 2.20 bits per heavy atom. The number of benzene rings is 2. The number of amides is 2. The van der Waals surface area contributed by atoms with Crippen molar-refractivity contribution >= 4 is 17.6 Å². The molecular formula is C21H17NO3. The van der Waals surface area contributed by atoms with Crippen molar-refractivity contribution in [2.75, 3.05) is 0 Å². The molecule has 2 amide bonds. The number of fused-ring (bicyclic) bond motifs is 1. The summed E-state index contributed by atoms with van der Waals surface area (Å²) in [5.41, 5.74) is 2.96. The number of carbonyl (C=O) groups excluding carboxylic acids is 3. The molecule has 4 heteroatoms. The number of rotatable bonds is 2. The first-order valence-electron chi connectivity index (χ1n) is 8.67. The Kier molecular flexibility index (Phi) is 2.99. The van der Waals surface area contributed by atoms with Crippen LogP contribution in [0.4, 0.5) is 0 Å². The van der Waals surface area contributed by atoms with Gasteiger partial charge < -0.3 is 0 Å². The fourth-order valence-corrected chi connectivity index (χ4v) is 4.94. The molecule has 1 heterocycles. The number of likely N-dealkylation sites (tertiary alicyclic amines) is 1. The maximum absolute atomic E-state index is 13.1. The molecule has 2 aromatic carbocycles. The van der Waals surface area contributed by atoms with Crippen molar-refractivity contribution in [3.63, 3.8) is 0 Å². The quantitative estimate of drug-likeness (QED) is 0.795. The minimum absolute atomic E-state index is 0.104. The van der Waals surface area contributed by atoms with E-state index in [2.05, 4.69) is 0 Å². The van der Waals surface area contributed by atoms with Crippen LogP contribution in [0.15, 0.2) is 54.6 Å². The Morgan fingerprint density at radius 1 is 0.800 bits per heavy atom. The lowest BCUT2D eigenvalue weighted by Crippen LogP contribution is -2.44. The van der Waals surface area contributed by atoms with Gasteiger partial charge in [-0.25, -0.2) is 0 Å². The minimum Gasteiger partial charge on any atom is -0.299 e. The normalized spacial score (nSPS) is 29.8. The van der Waals surface area contributed by atoms with Crippen molar-refractivity contribution in [3.05, 3.63) is 71.3 Å². The van der Waals surface area contributed by atoms with Crippen molar-refractivity contribution in [1.82, 2.24) is 4.90 Å². The number of Topliss-reactive ketones (excluding diaryl/α,β-unsaturated/α-hetero) is 1. The van der Waals surface area contributed by atoms with Gasteiger partial charge in [-0.1, -0.05) is 54.6 Å². The van der Waals surface area contributed by atoms with Gasteiger partial charge in [0, 0.05) is 12.3 Å².